The van der Waals surface area contributed by atoms with Crippen LogP contribution in [-0.2, 0) is 15.9 Å². The van der Waals surface area contributed by atoms with Crippen molar-refractivity contribution in [3.05, 3.63) is 59.4 Å². The Bertz CT molecular complexity index is 758. The fourth-order valence-electron chi connectivity index (χ4n) is 1.72. The summed E-state index contributed by atoms with van der Waals surface area (Å²) in [5.74, 6) is -4.22. The maximum Gasteiger partial charge on any atom is 0.267 e. The maximum absolute atomic E-state index is 13.6. The van der Waals surface area contributed by atoms with Gasteiger partial charge >= 0.3 is 0 Å². The van der Waals surface area contributed by atoms with E-state index in [9.17, 15) is 21.6 Å². The first-order valence-electron chi connectivity index (χ1n) is 5.66. The van der Waals surface area contributed by atoms with E-state index in [0.29, 0.717) is 17.7 Å². The lowest BCUT2D eigenvalue weighted by atomic mass is 10.2. The van der Waals surface area contributed by atoms with Crippen molar-refractivity contribution < 1.29 is 21.6 Å². The van der Waals surface area contributed by atoms with Crippen LogP contribution in [-0.4, -0.2) is 8.42 Å². The van der Waals surface area contributed by atoms with Crippen LogP contribution < -0.4 is 4.72 Å². The summed E-state index contributed by atoms with van der Waals surface area (Å²) in [4.78, 5) is -1.24. The number of para-hydroxylation sites is 1. The Hall–Kier alpha value is -1.73. The van der Waals surface area contributed by atoms with Crippen molar-refractivity contribution >= 4 is 27.3 Å². The van der Waals surface area contributed by atoms with Gasteiger partial charge in [0.05, 0.1) is 5.69 Å². The van der Waals surface area contributed by atoms with Crippen LogP contribution >= 0.6 is 11.6 Å². The van der Waals surface area contributed by atoms with Gasteiger partial charge in [-0.3, -0.25) is 4.72 Å². The minimum absolute atomic E-state index is 0.00702. The topological polar surface area (TPSA) is 46.2 Å². The second-order valence-electron chi connectivity index (χ2n) is 4.09. The molecular formula is C13H9ClF3NO2S. The Kier molecular flexibility index (Phi) is 4.43. The molecule has 0 saturated carbocycles. The molecule has 1 N–H and O–H groups in total. The van der Waals surface area contributed by atoms with Crippen molar-refractivity contribution in [1.82, 2.24) is 0 Å². The molecule has 0 saturated heterocycles. The summed E-state index contributed by atoms with van der Waals surface area (Å²) in [5, 5.41) is 0. The third-order valence-corrected chi connectivity index (χ3v) is 4.34. The second kappa shape index (κ2) is 5.95. The molecule has 2 aromatic rings. The van der Waals surface area contributed by atoms with Gasteiger partial charge in [-0.2, -0.15) is 0 Å². The highest BCUT2D eigenvalue weighted by Gasteiger charge is 2.25. The first-order valence-corrected chi connectivity index (χ1v) is 7.68. The van der Waals surface area contributed by atoms with Gasteiger partial charge in [0.2, 0.25) is 0 Å². The number of alkyl halides is 1. The van der Waals surface area contributed by atoms with E-state index in [1.54, 1.807) is 12.1 Å². The molecule has 0 radical (unpaired) electrons. The quantitative estimate of drug-likeness (QED) is 0.867. The number of sulfonamides is 1. The Morgan fingerprint density at radius 3 is 2.19 bits per heavy atom. The smallest absolute Gasteiger partial charge is 0.267 e. The second-order valence-corrected chi connectivity index (χ2v) is 5.98. The molecule has 112 valence electrons. The monoisotopic (exact) mass is 335 g/mol. The van der Waals surface area contributed by atoms with E-state index in [-0.39, 0.29) is 11.6 Å². The van der Waals surface area contributed by atoms with E-state index in [0.717, 1.165) is 0 Å². The largest absolute Gasteiger partial charge is 0.279 e. The van der Waals surface area contributed by atoms with Gasteiger partial charge in [-0.1, -0.05) is 18.2 Å². The summed E-state index contributed by atoms with van der Waals surface area (Å²) in [7, 11) is -4.55. The van der Waals surface area contributed by atoms with Crippen molar-refractivity contribution in [1.29, 1.82) is 0 Å². The first-order chi connectivity index (χ1) is 9.85. The summed E-state index contributed by atoms with van der Waals surface area (Å²) in [6, 6.07) is 6.72. The minimum atomic E-state index is -4.55. The highest BCUT2D eigenvalue weighted by Crippen LogP contribution is 2.25. The molecule has 21 heavy (non-hydrogen) atoms. The Morgan fingerprint density at radius 1 is 1.05 bits per heavy atom. The molecule has 0 aliphatic rings. The van der Waals surface area contributed by atoms with Crippen molar-refractivity contribution in [2.75, 3.05) is 4.72 Å². The van der Waals surface area contributed by atoms with Crippen LogP contribution in [0.5, 0.6) is 0 Å². The van der Waals surface area contributed by atoms with Gasteiger partial charge in [0.15, 0.2) is 4.90 Å². The van der Waals surface area contributed by atoms with Crippen LogP contribution in [0.3, 0.4) is 0 Å². The molecule has 2 rings (SSSR count). The highest BCUT2D eigenvalue weighted by atomic mass is 35.5. The van der Waals surface area contributed by atoms with Crippen LogP contribution in [0.2, 0.25) is 0 Å². The molecule has 0 aliphatic heterocycles. The van der Waals surface area contributed by atoms with Gasteiger partial charge in [0, 0.05) is 18.0 Å². The summed E-state index contributed by atoms with van der Waals surface area (Å²) in [5.41, 5.74) is 0.529. The third-order valence-electron chi connectivity index (χ3n) is 2.64. The average molecular weight is 336 g/mol. The highest BCUT2D eigenvalue weighted by molar-refractivity contribution is 7.92. The van der Waals surface area contributed by atoms with E-state index in [2.05, 4.69) is 0 Å². The summed E-state index contributed by atoms with van der Waals surface area (Å²) < 4.78 is 66.1. The lowest BCUT2D eigenvalue weighted by Crippen LogP contribution is -2.17. The Balaban J connectivity index is 2.49. The zero-order valence-corrected chi connectivity index (χ0v) is 12.0. The number of hydrogen-bond donors (Lipinski definition) is 1. The van der Waals surface area contributed by atoms with E-state index >= 15 is 0 Å². The standard InChI is InChI=1S/C13H9ClF3NO2S/c14-7-8-3-1-2-4-12(8)18-21(19,20)13-10(16)5-9(15)6-11(13)17/h1-6,18H,7H2. The summed E-state index contributed by atoms with van der Waals surface area (Å²) >= 11 is 5.66. The zero-order valence-electron chi connectivity index (χ0n) is 10.4. The van der Waals surface area contributed by atoms with Crippen molar-refractivity contribution in [2.24, 2.45) is 0 Å². The van der Waals surface area contributed by atoms with Gasteiger partial charge < -0.3 is 0 Å². The molecule has 0 fully saturated rings. The van der Waals surface area contributed by atoms with Gasteiger partial charge in [0.1, 0.15) is 17.5 Å². The van der Waals surface area contributed by atoms with Crippen LogP contribution in [0.4, 0.5) is 18.9 Å². The van der Waals surface area contributed by atoms with Gasteiger partial charge in [-0.15, -0.1) is 11.6 Å². The lowest BCUT2D eigenvalue weighted by molar-refractivity contribution is 0.498. The lowest BCUT2D eigenvalue weighted by Gasteiger charge is -2.12. The van der Waals surface area contributed by atoms with Crippen LogP contribution in [0.15, 0.2) is 41.3 Å². The summed E-state index contributed by atoms with van der Waals surface area (Å²) in [6.07, 6.45) is 0. The number of halogens is 4. The fraction of sp³-hybridized carbons (Fsp3) is 0.0769. The van der Waals surface area contributed by atoms with Gasteiger partial charge in [-0.25, -0.2) is 21.6 Å². The normalized spacial score (nSPS) is 11.4. The first kappa shape index (κ1) is 15.7. The van der Waals surface area contributed by atoms with Crippen LogP contribution in [0, 0.1) is 17.5 Å². The number of hydrogen-bond acceptors (Lipinski definition) is 2. The Labute approximate surface area is 124 Å². The molecule has 0 aromatic heterocycles. The van der Waals surface area contributed by atoms with E-state index < -0.39 is 32.4 Å². The van der Waals surface area contributed by atoms with Gasteiger partial charge in [0.25, 0.3) is 10.0 Å². The van der Waals surface area contributed by atoms with Crippen molar-refractivity contribution in [3.63, 3.8) is 0 Å². The minimum Gasteiger partial charge on any atom is -0.279 e. The molecule has 0 unspecified atom stereocenters. The average Bonchev–Trinajstić information content (AvgIpc) is 2.37. The van der Waals surface area contributed by atoms with Crippen molar-refractivity contribution in [2.45, 2.75) is 10.8 Å². The van der Waals surface area contributed by atoms with E-state index in [1.807, 2.05) is 4.72 Å². The fourth-order valence-corrected chi connectivity index (χ4v) is 3.17. The predicted octanol–water partition coefficient (Wildman–Crippen LogP) is 3.64. The molecule has 0 heterocycles. The number of nitrogens with one attached hydrogen (secondary N) is 1. The molecule has 2 aromatic carbocycles. The predicted molar refractivity (Wildman–Crippen MR) is 73.1 cm³/mol. The molecular weight excluding hydrogens is 327 g/mol. The van der Waals surface area contributed by atoms with Crippen LogP contribution in [0.1, 0.15) is 5.56 Å². The molecule has 8 heteroatoms. The van der Waals surface area contributed by atoms with E-state index in [4.69, 9.17) is 11.6 Å². The molecule has 3 nitrogen and oxygen atoms in total. The molecule has 0 atom stereocenters. The van der Waals surface area contributed by atoms with Gasteiger partial charge in [-0.05, 0) is 11.6 Å². The molecule has 0 bridgehead atoms. The molecule has 0 amide bonds. The molecule has 0 aliphatic carbocycles. The molecule has 0 spiro atoms. The number of anilines is 1. The maximum atomic E-state index is 13.6. The number of rotatable bonds is 4. The Morgan fingerprint density at radius 2 is 1.62 bits per heavy atom. The zero-order chi connectivity index (χ0) is 15.6. The van der Waals surface area contributed by atoms with E-state index in [1.165, 1.54) is 12.1 Å². The summed E-state index contributed by atoms with van der Waals surface area (Å²) in [6.45, 7) is 0. The SMILES string of the molecule is O=S(=O)(Nc1ccccc1CCl)c1c(F)cc(F)cc1F. The van der Waals surface area contributed by atoms with Crippen LogP contribution in [0.25, 0.3) is 0 Å². The third kappa shape index (κ3) is 3.30. The van der Waals surface area contributed by atoms with Crippen molar-refractivity contribution in [3.8, 4) is 0 Å². The number of benzene rings is 2.